The fraction of sp³-hybridized carbons (Fsp3) is 0.500. The molecule has 0 aromatic heterocycles. The number of hydrogen-bond donors (Lipinski definition) is 1. The summed E-state index contributed by atoms with van der Waals surface area (Å²) >= 11 is 4.91. The first-order chi connectivity index (χ1) is 8.40. The van der Waals surface area contributed by atoms with Gasteiger partial charge >= 0.3 is 0 Å². The molecule has 1 aromatic rings. The lowest BCUT2D eigenvalue weighted by Gasteiger charge is -2.27. The van der Waals surface area contributed by atoms with Crippen LogP contribution in [-0.2, 0) is 6.54 Å². The van der Waals surface area contributed by atoms with Gasteiger partial charge in [0.15, 0.2) is 0 Å². The Labute approximate surface area is 114 Å². The largest absolute Gasteiger partial charge is 0.393 e. The molecular weight excluding hydrogens is 247 g/mol. The number of benzene rings is 1. The summed E-state index contributed by atoms with van der Waals surface area (Å²) in [5, 5.41) is 0. The van der Waals surface area contributed by atoms with Crippen LogP contribution in [0.15, 0.2) is 18.2 Å². The lowest BCUT2D eigenvalue weighted by molar-refractivity contribution is 0.219. The van der Waals surface area contributed by atoms with Crippen molar-refractivity contribution in [2.24, 2.45) is 5.73 Å². The van der Waals surface area contributed by atoms with E-state index in [0.29, 0.717) is 17.5 Å². The number of halogens is 1. The molecule has 4 heteroatoms. The van der Waals surface area contributed by atoms with Crippen LogP contribution in [-0.4, -0.2) is 22.5 Å². The normalized spacial score (nSPS) is 11.2. The molecular formula is C14H21FN2S. The SMILES string of the molecule is Cc1cc(F)ccc1CN(CCC(N)=S)C(C)C. The Kier molecular flexibility index (Phi) is 5.69. The van der Waals surface area contributed by atoms with Crippen LogP contribution in [0.4, 0.5) is 4.39 Å². The number of thiocarbonyl (C=S) groups is 1. The lowest BCUT2D eigenvalue weighted by atomic mass is 10.1. The zero-order chi connectivity index (χ0) is 13.7. The Hall–Kier alpha value is -1.00. The first kappa shape index (κ1) is 15.1. The molecule has 0 spiro atoms. The zero-order valence-corrected chi connectivity index (χ0v) is 12.1. The van der Waals surface area contributed by atoms with E-state index >= 15 is 0 Å². The number of hydrogen-bond acceptors (Lipinski definition) is 2. The van der Waals surface area contributed by atoms with Gasteiger partial charge in [-0.25, -0.2) is 4.39 Å². The smallest absolute Gasteiger partial charge is 0.123 e. The number of nitrogens with zero attached hydrogens (tertiary/aromatic N) is 1. The molecule has 100 valence electrons. The molecule has 0 bridgehead atoms. The molecule has 0 saturated carbocycles. The summed E-state index contributed by atoms with van der Waals surface area (Å²) in [6.45, 7) is 7.84. The minimum absolute atomic E-state index is 0.185. The maximum Gasteiger partial charge on any atom is 0.123 e. The summed E-state index contributed by atoms with van der Waals surface area (Å²) in [5.74, 6) is -0.185. The monoisotopic (exact) mass is 268 g/mol. The summed E-state index contributed by atoms with van der Waals surface area (Å²) in [4.78, 5) is 2.83. The molecule has 0 aliphatic rings. The first-order valence-electron chi connectivity index (χ1n) is 6.17. The van der Waals surface area contributed by atoms with Gasteiger partial charge in [0.25, 0.3) is 0 Å². The average molecular weight is 268 g/mol. The third-order valence-electron chi connectivity index (χ3n) is 3.05. The van der Waals surface area contributed by atoms with Crippen molar-refractivity contribution in [2.75, 3.05) is 6.54 Å². The lowest BCUT2D eigenvalue weighted by Crippen LogP contribution is -2.33. The van der Waals surface area contributed by atoms with E-state index in [2.05, 4.69) is 18.7 Å². The van der Waals surface area contributed by atoms with Crippen LogP contribution in [0.1, 0.15) is 31.4 Å². The van der Waals surface area contributed by atoms with Gasteiger partial charge in [-0.15, -0.1) is 0 Å². The minimum atomic E-state index is -0.185. The van der Waals surface area contributed by atoms with Crippen molar-refractivity contribution in [3.63, 3.8) is 0 Å². The average Bonchev–Trinajstić information content (AvgIpc) is 2.26. The van der Waals surface area contributed by atoms with Gasteiger partial charge in [-0.2, -0.15) is 0 Å². The number of aryl methyl sites for hydroxylation is 1. The van der Waals surface area contributed by atoms with E-state index in [1.807, 2.05) is 13.0 Å². The van der Waals surface area contributed by atoms with Gasteiger partial charge in [0.2, 0.25) is 0 Å². The molecule has 0 aliphatic heterocycles. The highest BCUT2D eigenvalue weighted by Crippen LogP contribution is 2.14. The fourth-order valence-electron chi connectivity index (χ4n) is 1.83. The van der Waals surface area contributed by atoms with E-state index < -0.39 is 0 Å². The second kappa shape index (κ2) is 6.81. The predicted molar refractivity (Wildman–Crippen MR) is 78.1 cm³/mol. The van der Waals surface area contributed by atoms with Crippen LogP contribution in [0, 0.1) is 12.7 Å². The summed E-state index contributed by atoms with van der Waals surface area (Å²) in [6.07, 6.45) is 0.716. The fourth-order valence-corrected chi connectivity index (χ4v) is 1.92. The third-order valence-corrected chi connectivity index (χ3v) is 3.26. The van der Waals surface area contributed by atoms with E-state index in [9.17, 15) is 4.39 Å². The molecule has 0 unspecified atom stereocenters. The Morgan fingerprint density at radius 2 is 2.11 bits per heavy atom. The Morgan fingerprint density at radius 1 is 1.44 bits per heavy atom. The topological polar surface area (TPSA) is 29.3 Å². The van der Waals surface area contributed by atoms with Gasteiger partial charge in [-0.05, 0) is 44.0 Å². The number of rotatable bonds is 6. The van der Waals surface area contributed by atoms with Crippen molar-refractivity contribution in [2.45, 2.75) is 39.8 Å². The molecule has 0 atom stereocenters. The Balaban J connectivity index is 2.73. The molecule has 18 heavy (non-hydrogen) atoms. The van der Waals surface area contributed by atoms with Gasteiger partial charge < -0.3 is 5.73 Å². The van der Waals surface area contributed by atoms with Crippen LogP contribution in [0.2, 0.25) is 0 Å². The standard InChI is InChI=1S/C14H21FN2S/c1-10(2)17(7-6-14(16)18)9-12-4-5-13(15)8-11(12)3/h4-5,8,10H,6-7,9H2,1-3H3,(H2,16,18). The van der Waals surface area contributed by atoms with Gasteiger partial charge in [-0.3, -0.25) is 4.90 Å². The number of nitrogens with two attached hydrogens (primary N) is 1. The van der Waals surface area contributed by atoms with E-state index in [1.54, 1.807) is 6.07 Å². The zero-order valence-electron chi connectivity index (χ0n) is 11.2. The second-order valence-corrected chi connectivity index (χ2v) is 5.38. The van der Waals surface area contributed by atoms with Crippen molar-refractivity contribution in [3.05, 3.63) is 35.1 Å². The molecule has 0 aliphatic carbocycles. The van der Waals surface area contributed by atoms with Gasteiger partial charge in [0, 0.05) is 25.6 Å². The molecule has 2 nitrogen and oxygen atoms in total. The highest BCUT2D eigenvalue weighted by atomic mass is 32.1. The molecule has 0 radical (unpaired) electrons. The summed E-state index contributed by atoms with van der Waals surface area (Å²) in [6, 6.07) is 5.33. The predicted octanol–water partition coefficient (Wildman–Crippen LogP) is 3.02. The van der Waals surface area contributed by atoms with Crippen molar-refractivity contribution < 1.29 is 4.39 Å². The maximum absolute atomic E-state index is 13.1. The highest BCUT2D eigenvalue weighted by Gasteiger charge is 2.12. The molecule has 2 N–H and O–H groups in total. The Morgan fingerprint density at radius 3 is 2.61 bits per heavy atom. The van der Waals surface area contributed by atoms with Crippen LogP contribution < -0.4 is 5.73 Å². The maximum atomic E-state index is 13.1. The second-order valence-electron chi connectivity index (χ2n) is 4.85. The molecule has 0 fully saturated rings. The molecule has 1 aromatic carbocycles. The van der Waals surface area contributed by atoms with Crippen LogP contribution >= 0.6 is 12.2 Å². The summed E-state index contributed by atoms with van der Waals surface area (Å²) in [7, 11) is 0. The minimum Gasteiger partial charge on any atom is -0.393 e. The molecule has 0 heterocycles. The molecule has 1 rings (SSSR count). The van der Waals surface area contributed by atoms with Crippen LogP contribution in [0.3, 0.4) is 0 Å². The van der Waals surface area contributed by atoms with Crippen LogP contribution in [0.5, 0.6) is 0 Å². The van der Waals surface area contributed by atoms with Gasteiger partial charge in [0.1, 0.15) is 5.82 Å². The van der Waals surface area contributed by atoms with Crippen molar-refractivity contribution in [3.8, 4) is 0 Å². The van der Waals surface area contributed by atoms with E-state index in [0.717, 1.165) is 24.2 Å². The van der Waals surface area contributed by atoms with Crippen LogP contribution in [0.25, 0.3) is 0 Å². The van der Waals surface area contributed by atoms with Gasteiger partial charge in [0.05, 0.1) is 4.99 Å². The molecule has 0 amide bonds. The van der Waals surface area contributed by atoms with Crippen molar-refractivity contribution >= 4 is 17.2 Å². The van der Waals surface area contributed by atoms with Gasteiger partial charge in [-0.1, -0.05) is 18.3 Å². The summed E-state index contributed by atoms with van der Waals surface area (Å²) < 4.78 is 13.1. The van der Waals surface area contributed by atoms with Crippen molar-refractivity contribution in [1.29, 1.82) is 0 Å². The third kappa shape index (κ3) is 4.70. The summed E-state index contributed by atoms with van der Waals surface area (Å²) in [5.41, 5.74) is 7.67. The van der Waals surface area contributed by atoms with E-state index in [4.69, 9.17) is 18.0 Å². The van der Waals surface area contributed by atoms with E-state index in [-0.39, 0.29) is 5.82 Å². The Bertz CT molecular complexity index is 418. The molecule has 0 saturated heterocycles. The van der Waals surface area contributed by atoms with Crippen molar-refractivity contribution in [1.82, 2.24) is 4.90 Å². The quantitative estimate of drug-likeness (QED) is 0.804. The first-order valence-corrected chi connectivity index (χ1v) is 6.58. The van der Waals surface area contributed by atoms with E-state index in [1.165, 1.54) is 6.07 Å². The highest BCUT2D eigenvalue weighted by molar-refractivity contribution is 7.80.